The number of hydrogen-bond donors (Lipinski definition) is 2. The van der Waals surface area contributed by atoms with Crippen molar-refractivity contribution in [1.29, 1.82) is 0 Å². The molecule has 2 N–H and O–H groups in total. The number of rotatable bonds is 1. The molecule has 114 valence electrons. The van der Waals surface area contributed by atoms with Crippen LogP contribution in [0.5, 0.6) is 11.5 Å². The van der Waals surface area contributed by atoms with Gasteiger partial charge in [-0.25, -0.2) is 0 Å². The highest BCUT2D eigenvalue weighted by atomic mass is 16.5. The molecule has 1 aliphatic carbocycles. The molecule has 0 saturated carbocycles. The lowest BCUT2D eigenvalue weighted by molar-refractivity contribution is 0.0794. The van der Waals surface area contributed by atoms with Gasteiger partial charge in [-0.3, -0.25) is 4.79 Å². The Kier molecular flexibility index (Phi) is 2.96. The minimum Gasteiger partial charge on any atom is -0.507 e. The van der Waals surface area contributed by atoms with E-state index in [0.29, 0.717) is 22.1 Å². The molecule has 3 rings (SSSR count). The van der Waals surface area contributed by atoms with Crippen LogP contribution in [0.1, 0.15) is 35.3 Å². The Balaban J connectivity index is 2.44. The number of allylic oxidation sites excluding steroid dienone is 1. The van der Waals surface area contributed by atoms with Gasteiger partial charge >= 0.3 is 0 Å². The molecule has 0 heterocycles. The SMILES string of the molecule is COC1=Cc2cc3cc(C)cc(O)c3c(O)c2C(=O)C1(C)C. The van der Waals surface area contributed by atoms with Crippen molar-refractivity contribution in [3.05, 3.63) is 40.6 Å². The summed E-state index contributed by atoms with van der Waals surface area (Å²) in [6.07, 6.45) is 1.77. The Morgan fingerprint density at radius 1 is 1.14 bits per heavy atom. The first-order valence-corrected chi connectivity index (χ1v) is 7.07. The number of carbonyl (C=O) groups excluding carboxylic acids is 1. The van der Waals surface area contributed by atoms with Crippen LogP contribution in [0.2, 0.25) is 0 Å². The van der Waals surface area contributed by atoms with Gasteiger partial charge in [-0.05, 0) is 55.5 Å². The topological polar surface area (TPSA) is 66.8 Å². The summed E-state index contributed by atoms with van der Waals surface area (Å²) < 4.78 is 5.34. The predicted octanol–water partition coefficient (Wildman–Crippen LogP) is 3.77. The minimum absolute atomic E-state index is 0.0255. The molecule has 0 spiro atoms. The molecule has 0 saturated heterocycles. The monoisotopic (exact) mass is 298 g/mol. The molecule has 2 aromatic carbocycles. The second-order valence-electron chi connectivity index (χ2n) is 6.24. The van der Waals surface area contributed by atoms with Gasteiger partial charge in [0.2, 0.25) is 0 Å². The fourth-order valence-corrected chi connectivity index (χ4v) is 3.08. The van der Waals surface area contributed by atoms with E-state index in [-0.39, 0.29) is 22.8 Å². The third kappa shape index (κ3) is 1.80. The summed E-state index contributed by atoms with van der Waals surface area (Å²) in [5.41, 5.74) is 0.865. The third-order valence-corrected chi connectivity index (χ3v) is 4.28. The number of ketones is 1. The van der Waals surface area contributed by atoms with Crippen LogP contribution in [0, 0.1) is 12.3 Å². The highest BCUT2D eigenvalue weighted by Gasteiger charge is 2.40. The first-order valence-electron chi connectivity index (χ1n) is 7.07. The lowest BCUT2D eigenvalue weighted by atomic mass is 9.75. The molecule has 2 aromatic rings. The Morgan fingerprint density at radius 2 is 1.82 bits per heavy atom. The second-order valence-corrected chi connectivity index (χ2v) is 6.24. The molecule has 0 unspecified atom stereocenters. The van der Waals surface area contributed by atoms with E-state index in [9.17, 15) is 15.0 Å². The highest BCUT2D eigenvalue weighted by molar-refractivity contribution is 6.14. The summed E-state index contributed by atoms with van der Waals surface area (Å²) >= 11 is 0. The van der Waals surface area contributed by atoms with E-state index in [1.807, 2.05) is 13.0 Å². The van der Waals surface area contributed by atoms with Gasteiger partial charge in [-0.15, -0.1) is 0 Å². The van der Waals surface area contributed by atoms with Gasteiger partial charge in [0.15, 0.2) is 5.78 Å². The number of aryl methyl sites for hydroxylation is 1. The van der Waals surface area contributed by atoms with Crippen LogP contribution in [0.15, 0.2) is 24.0 Å². The van der Waals surface area contributed by atoms with E-state index in [1.165, 1.54) is 7.11 Å². The zero-order chi connectivity index (χ0) is 16.2. The summed E-state index contributed by atoms with van der Waals surface area (Å²) in [5, 5.41) is 21.7. The van der Waals surface area contributed by atoms with Crippen molar-refractivity contribution in [3.8, 4) is 11.5 Å². The number of aromatic hydroxyl groups is 2. The van der Waals surface area contributed by atoms with Crippen molar-refractivity contribution >= 4 is 22.6 Å². The molecule has 0 aliphatic heterocycles. The van der Waals surface area contributed by atoms with Crippen LogP contribution >= 0.6 is 0 Å². The van der Waals surface area contributed by atoms with E-state index < -0.39 is 5.41 Å². The van der Waals surface area contributed by atoms with Crippen LogP contribution in [0.4, 0.5) is 0 Å². The van der Waals surface area contributed by atoms with Crippen LogP contribution < -0.4 is 0 Å². The molecular formula is C18H18O4. The number of benzene rings is 2. The van der Waals surface area contributed by atoms with E-state index in [2.05, 4.69) is 0 Å². The number of Topliss-reactive ketones (excluding diaryl/α,β-unsaturated/α-hetero) is 1. The van der Waals surface area contributed by atoms with Crippen LogP contribution in [-0.2, 0) is 4.74 Å². The van der Waals surface area contributed by atoms with Crippen LogP contribution in [0.3, 0.4) is 0 Å². The van der Waals surface area contributed by atoms with Gasteiger partial charge < -0.3 is 14.9 Å². The van der Waals surface area contributed by atoms with Gasteiger partial charge in [-0.2, -0.15) is 0 Å². The van der Waals surface area contributed by atoms with E-state index in [1.54, 1.807) is 32.1 Å². The third-order valence-electron chi connectivity index (χ3n) is 4.28. The first kappa shape index (κ1) is 14.4. The fraction of sp³-hybridized carbons (Fsp3) is 0.278. The van der Waals surface area contributed by atoms with Crippen molar-refractivity contribution < 1.29 is 19.7 Å². The van der Waals surface area contributed by atoms with Gasteiger partial charge in [0.05, 0.1) is 23.5 Å². The van der Waals surface area contributed by atoms with Crippen molar-refractivity contribution in [1.82, 2.24) is 0 Å². The highest BCUT2D eigenvalue weighted by Crippen LogP contribution is 2.46. The molecule has 0 fully saturated rings. The van der Waals surface area contributed by atoms with Gasteiger partial charge in [-0.1, -0.05) is 6.07 Å². The van der Waals surface area contributed by atoms with E-state index in [0.717, 1.165) is 5.56 Å². The summed E-state index contributed by atoms with van der Waals surface area (Å²) in [5.74, 6) is 0.138. The minimum atomic E-state index is -0.854. The molecule has 1 aliphatic rings. The predicted molar refractivity (Wildman–Crippen MR) is 85.1 cm³/mol. The molecule has 0 radical (unpaired) electrons. The van der Waals surface area contributed by atoms with E-state index >= 15 is 0 Å². The van der Waals surface area contributed by atoms with Gasteiger partial charge in [0, 0.05) is 0 Å². The first-order chi connectivity index (χ1) is 10.3. The number of phenols is 2. The summed E-state index contributed by atoms with van der Waals surface area (Å²) in [6.45, 7) is 5.37. The molecule has 22 heavy (non-hydrogen) atoms. The maximum Gasteiger partial charge on any atom is 0.180 e. The zero-order valence-electron chi connectivity index (χ0n) is 13.0. The Labute approximate surface area is 128 Å². The van der Waals surface area contributed by atoms with Crippen molar-refractivity contribution in [3.63, 3.8) is 0 Å². The number of fused-ring (bicyclic) bond motifs is 2. The van der Waals surface area contributed by atoms with Gasteiger partial charge in [0.25, 0.3) is 0 Å². The van der Waals surface area contributed by atoms with Crippen molar-refractivity contribution in [2.45, 2.75) is 20.8 Å². The largest absolute Gasteiger partial charge is 0.507 e. The molecule has 4 nitrogen and oxygen atoms in total. The second kappa shape index (κ2) is 4.50. The van der Waals surface area contributed by atoms with Crippen LogP contribution in [-0.4, -0.2) is 23.1 Å². The van der Waals surface area contributed by atoms with Crippen molar-refractivity contribution in [2.24, 2.45) is 5.41 Å². The Morgan fingerprint density at radius 3 is 2.45 bits per heavy atom. The Bertz CT molecular complexity index is 844. The standard InChI is InChI=1S/C18H18O4/c1-9-5-10-7-11-8-13(22-4)18(2,3)17(21)15(11)16(20)14(10)12(19)6-9/h5-8,19-20H,1-4H3. The fourth-order valence-electron chi connectivity index (χ4n) is 3.08. The maximum absolute atomic E-state index is 12.8. The van der Waals surface area contributed by atoms with E-state index in [4.69, 9.17) is 4.74 Å². The number of phenolic OH excluding ortho intramolecular Hbond substituents is 2. The number of carbonyl (C=O) groups is 1. The normalized spacial score (nSPS) is 16.4. The molecule has 4 heteroatoms. The summed E-state index contributed by atoms with van der Waals surface area (Å²) in [4.78, 5) is 12.8. The number of hydrogen-bond acceptors (Lipinski definition) is 4. The Hall–Kier alpha value is -2.49. The van der Waals surface area contributed by atoms with Gasteiger partial charge in [0.1, 0.15) is 17.3 Å². The smallest absolute Gasteiger partial charge is 0.180 e. The lowest BCUT2D eigenvalue weighted by Crippen LogP contribution is -2.31. The molecule has 0 bridgehead atoms. The summed E-state index contributed by atoms with van der Waals surface area (Å²) in [6, 6.07) is 5.23. The quantitative estimate of drug-likeness (QED) is 0.841. The molecule has 0 atom stereocenters. The average Bonchev–Trinajstić information content (AvgIpc) is 2.41. The lowest BCUT2D eigenvalue weighted by Gasteiger charge is -2.30. The summed E-state index contributed by atoms with van der Waals surface area (Å²) in [7, 11) is 1.53. The molecular weight excluding hydrogens is 280 g/mol. The number of ether oxygens (including phenoxy) is 1. The van der Waals surface area contributed by atoms with Crippen molar-refractivity contribution in [2.75, 3.05) is 7.11 Å². The zero-order valence-corrected chi connectivity index (χ0v) is 13.0. The molecule has 0 aromatic heterocycles. The maximum atomic E-state index is 12.8. The average molecular weight is 298 g/mol. The van der Waals surface area contributed by atoms with Crippen LogP contribution in [0.25, 0.3) is 16.8 Å². The molecule has 0 amide bonds. The number of methoxy groups -OCH3 is 1.